The quantitative estimate of drug-likeness (QED) is 0.726. The molecule has 1 aromatic carbocycles. The van der Waals surface area contributed by atoms with Gasteiger partial charge in [-0.05, 0) is 31.5 Å². The number of hydrogen-bond acceptors (Lipinski definition) is 4. The summed E-state index contributed by atoms with van der Waals surface area (Å²) in [6, 6.07) is 10.7. The summed E-state index contributed by atoms with van der Waals surface area (Å²) in [5.74, 6) is 0. The Labute approximate surface area is 128 Å². The number of hydrogen-bond donors (Lipinski definition) is 2. The number of likely N-dealkylation sites (N-methyl/N-ethyl adjacent to an activating group) is 1. The molecular weight excluding hydrogens is 264 g/mol. The topological polar surface area (TPSA) is 44.7 Å². The molecule has 0 saturated carbocycles. The van der Waals surface area contributed by atoms with Crippen molar-refractivity contribution in [2.45, 2.75) is 38.5 Å². The Morgan fingerprint density at radius 1 is 1.38 bits per heavy atom. The standard InChI is InChI=1S/C17H28N2O2/c1-2-19-10-6-9-16(19)11-18-12-17(20)14-21-13-15-7-4-3-5-8-15/h3-5,7-8,16-18,20H,2,6,9-14H2,1H3. The number of likely N-dealkylation sites (tertiary alicyclic amines) is 1. The summed E-state index contributed by atoms with van der Waals surface area (Å²) in [5.41, 5.74) is 1.14. The predicted octanol–water partition coefficient (Wildman–Crippen LogP) is 1.64. The van der Waals surface area contributed by atoms with Crippen LogP contribution < -0.4 is 5.32 Å². The zero-order chi connectivity index (χ0) is 14.9. The normalized spacial score (nSPS) is 20.8. The van der Waals surface area contributed by atoms with E-state index in [1.54, 1.807) is 0 Å². The van der Waals surface area contributed by atoms with Crippen LogP contribution >= 0.6 is 0 Å². The molecule has 2 atom stereocenters. The lowest BCUT2D eigenvalue weighted by atomic mass is 10.2. The van der Waals surface area contributed by atoms with E-state index in [0.717, 1.165) is 18.7 Å². The van der Waals surface area contributed by atoms with Crippen molar-refractivity contribution in [3.05, 3.63) is 35.9 Å². The van der Waals surface area contributed by atoms with Crippen LogP contribution in [-0.4, -0.2) is 54.9 Å². The Morgan fingerprint density at radius 2 is 2.19 bits per heavy atom. The van der Waals surface area contributed by atoms with E-state index in [0.29, 0.717) is 25.8 Å². The molecular formula is C17H28N2O2. The zero-order valence-corrected chi connectivity index (χ0v) is 13.0. The van der Waals surface area contributed by atoms with Crippen LogP contribution in [0.5, 0.6) is 0 Å². The third-order valence-electron chi connectivity index (χ3n) is 4.09. The van der Waals surface area contributed by atoms with Crippen molar-refractivity contribution < 1.29 is 9.84 Å². The minimum atomic E-state index is -0.440. The Kier molecular flexibility index (Phi) is 7.16. The number of nitrogens with zero attached hydrogens (tertiary/aromatic N) is 1. The zero-order valence-electron chi connectivity index (χ0n) is 13.0. The van der Waals surface area contributed by atoms with Gasteiger partial charge in [-0.3, -0.25) is 4.90 Å². The summed E-state index contributed by atoms with van der Waals surface area (Å²) in [6.07, 6.45) is 2.12. The van der Waals surface area contributed by atoms with Crippen LogP contribution in [-0.2, 0) is 11.3 Å². The second-order valence-electron chi connectivity index (χ2n) is 5.74. The highest BCUT2D eigenvalue weighted by atomic mass is 16.5. The van der Waals surface area contributed by atoms with Crippen molar-refractivity contribution in [1.29, 1.82) is 0 Å². The average Bonchev–Trinajstić information content (AvgIpc) is 2.96. The predicted molar refractivity (Wildman–Crippen MR) is 85.2 cm³/mol. The second-order valence-corrected chi connectivity index (χ2v) is 5.74. The van der Waals surface area contributed by atoms with Crippen LogP contribution in [0.1, 0.15) is 25.3 Å². The number of ether oxygens (including phenoxy) is 1. The lowest BCUT2D eigenvalue weighted by Gasteiger charge is -2.23. The maximum absolute atomic E-state index is 9.92. The highest BCUT2D eigenvalue weighted by Gasteiger charge is 2.22. The van der Waals surface area contributed by atoms with Gasteiger partial charge >= 0.3 is 0 Å². The Balaban J connectivity index is 1.54. The van der Waals surface area contributed by atoms with Gasteiger partial charge in [0.05, 0.1) is 19.3 Å². The lowest BCUT2D eigenvalue weighted by molar-refractivity contribution is 0.0283. The molecule has 1 saturated heterocycles. The summed E-state index contributed by atoms with van der Waals surface area (Å²) < 4.78 is 5.55. The minimum absolute atomic E-state index is 0.379. The summed E-state index contributed by atoms with van der Waals surface area (Å²) in [4.78, 5) is 2.51. The van der Waals surface area contributed by atoms with Crippen LogP contribution in [0.3, 0.4) is 0 Å². The molecule has 2 N–H and O–H groups in total. The average molecular weight is 292 g/mol. The highest BCUT2D eigenvalue weighted by Crippen LogP contribution is 2.15. The number of nitrogens with one attached hydrogen (secondary N) is 1. The van der Waals surface area contributed by atoms with Crippen molar-refractivity contribution in [2.75, 3.05) is 32.8 Å². The number of rotatable bonds is 9. The van der Waals surface area contributed by atoms with Gasteiger partial charge in [-0.2, -0.15) is 0 Å². The SMILES string of the molecule is CCN1CCCC1CNCC(O)COCc1ccccc1. The summed E-state index contributed by atoms with van der Waals surface area (Å²) in [6.45, 7) is 7.05. The van der Waals surface area contributed by atoms with Gasteiger partial charge in [0.25, 0.3) is 0 Å². The number of aliphatic hydroxyl groups excluding tert-OH is 1. The van der Waals surface area contributed by atoms with E-state index in [9.17, 15) is 5.11 Å². The molecule has 118 valence electrons. The number of benzene rings is 1. The molecule has 0 amide bonds. The van der Waals surface area contributed by atoms with E-state index in [-0.39, 0.29) is 0 Å². The van der Waals surface area contributed by atoms with Crippen molar-refractivity contribution in [1.82, 2.24) is 10.2 Å². The monoisotopic (exact) mass is 292 g/mol. The molecule has 1 fully saturated rings. The fraction of sp³-hybridized carbons (Fsp3) is 0.647. The second kappa shape index (κ2) is 9.15. The first kappa shape index (κ1) is 16.4. The van der Waals surface area contributed by atoms with Crippen molar-refractivity contribution in [3.63, 3.8) is 0 Å². The van der Waals surface area contributed by atoms with E-state index < -0.39 is 6.10 Å². The van der Waals surface area contributed by atoms with Gasteiger partial charge in [0.15, 0.2) is 0 Å². The molecule has 4 nitrogen and oxygen atoms in total. The summed E-state index contributed by atoms with van der Waals surface area (Å²) in [5, 5.41) is 13.3. The van der Waals surface area contributed by atoms with Gasteiger partial charge in [-0.15, -0.1) is 0 Å². The van der Waals surface area contributed by atoms with Crippen LogP contribution in [0.25, 0.3) is 0 Å². The molecule has 0 bridgehead atoms. The fourth-order valence-electron chi connectivity index (χ4n) is 2.91. The van der Waals surface area contributed by atoms with Crippen molar-refractivity contribution in [2.24, 2.45) is 0 Å². The maximum Gasteiger partial charge on any atom is 0.0897 e. The molecule has 0 radical (unpaired) electrons. The van der Waals surface area contributed by atoms with Gasteiger partial charge in [0.1, 0.15) is 0 Å². The molecule has 2 rings (SSSR count). The molecule has 1 aliphatic rings. The number of aliphatic hydroxyl groups is 1. The fourth-order valence-corrected chi connectivity index (χ4v) is 2.91. The molecule has 1 aliphatic heterocycles. The Bertz CT molecular complexity index is 386. The van der Waals surface area contributed by atoms with Gasteiger partial charge in [-0.1, -0.05) is 37.3 Å². The molecule has 1 aromatic rings. The Morgan fingerprint density at radius 3 is 2.95 bits per heavy atom. The van der Waals surface area contributed by atoms with Crippen LogP contribution in [0.2, 0.25) is 0 Å². The van der Waals surface area contributed by atoms with Crippen molar-refractivity contribution in [3.8, 4) is 0 Å². The summed E-state index contributed by atoms with van der Waals surface area (Å²) >= 11 is 0. The summed E-state index contributed by atoms with van der Waals surface area (Å²) in [7, 11) is 0. The van der Waals surface area contributed by atoms with Gasteiger partial charge < -0.3 is 15.2 Å². The van der Waals surface area contributed by atoms with Gasteiger partial charge in [0, 0.05) is 19.1 Å². The first-order chi connectivity index (χ1) is 10.3. The van der Waals surface area contributed by atoms with Crippen LogP contribution in [0.4, 0.5) is 0 Å². The van der Waals surface area contributed by atoms with E-state index >= 15 is 0 Å². The molecule has 0 spiro atoms. The maximum atomic E-state index is 9.92. The highest BCUT2D eigenvalue weighted by molar-refractivity contribution is 5.13. The van der Waals surface area contributed by atoms with Gasteiger partial charge in [-0.25, -0.2) is 0 Å². The van der Waals surface area contributed by atoms with Gasteiger partial charge in [0.2, 0.25) is 0 Å². The smallest absolute Gasteiger partial charge is 0.0897 e. The first-order valence-electron chi connectivity index (χ1n) is 8.04. The molecule has 4 heteroatoms. The van der Waals surface area contributed by atoms with E-state index in [1.165, 1.54) is 19.4 Å². The molecule has 21 heavy (non-hydrogen) atoms. The third-order valence-corrected chi connectivity index (χ3v) is 4.09. The van der Waals surface area contributed by atoms with Crippen LogP contribution in [0, 0.1) is 0 Å². The largest absolute Gasteiger partial charge is 0.389 e. The molecule has 1 heterocycles. The van der Waals surface area contributed by atoms with Crippen LogP contribution in [0.15, 0.2) is 30.3 Å². The van der Waals surface area contributed by atoms with E-state index in [1.807, 2.05) is 30.3 Å². The lowest BCUT2D eigenvalue weighted by Crippen LogP contribution is -2.41. The molecule has 0 aromatic heterocycles. The van der Waals surface area contributed by atoms with E-state index in [4.69, 9.17) is 4.74 Å². The molecule has 0 aliphatic carbocycles. The Hall–Kier alpha value is -0.940. The molecule has 2 unspecified atom stereocenters. The minimum Gasteiger partial charge on any atom is -0.389 e. The first-order valence-corrected chi connectivity index (χ1v) is 8.04. The van der Waals surface area contributed by atoms with Crippen molar-refractivity contribution >= 4 is 0 Å². The third kappa shape index (κ3) is 5.75. The van der Waals surface area contributed by atoms with E-state index in [2.05, 4.69) is 17.1 Å².